The van der Waals surface area contributed by atoms with Crippen LogP contribution in [-0.4, -0.2) is 37.1 Å². The molecule has 2 unspecified atom stereocenters. The van der Waals surface area contributed by atoms with Crippen LogP contribution in [0.2, 0.25) is 0 Å². The van der Waals surface area contributed by atoms with E-state index in [2.05, 4.69) is 24.2 Å². The zero-order valence-electron chi connectivity index (χ0n) is 13.2. The molecule has 0 amide bonds. The minimum atomic E-state index is 0.744. The molecule has 2 rings (SSSR count). The number of likely N-dealkylation sites (N-methyl/N-ethyl adjacent to an activating group) is 1. The summed E-state index contributed by atoms with van der Waals surface area (Å²) in [6, 6.07) is 1.53. The Morgan fingerprint density at radius 1 is 0.947 bits per heavy atom. The predicted octanol–water partition coefficient (Wildman–Crippen LogP) is 3.81. The van der Waals surface area contributed by atoms with Gasteiger partial charge in [0.05, 0.1) is 0 Å². The average Bonchev–Trinajstić information content (AvgIpc) is 2.79. The number of hydrogen-bond donors (Lipinski definition) is 1. The smallest absolute Gasteiger partial charge is 0.0246 e. The first-order valence-electron chi connectivity index (χ1n) is 8.75. The van der Waals surface area contributed by atoms with Gasteiger partial charge in [0, 0.05) is 18.6 Å². The third kappa shape index (κ3) is 4.75. The van der Waals surface area contributed by atoms with E-state index in [4.69, 9.17) is 0 Å². The van der Waals surface area contributed by atoms with E-state index in [0.717, 1.165) is 18.0 Å². The maximum absolute atomic E-state index is 3.83. The largest absolute Gasteiger partial charge is 0.312 e. The quantitative estimate of drug-likeness (QED) is 0.736. The lowest BCUT2D eigenvalue weighted by Crippen LogP contribution is -2.49. The summed E-state index contributed by atoms with van der Waals surface area (Å²) in [5, 5.41) is 3.83. The van der Waals surface area contributed by atoms with E-state index in [1.54, 1.807) is 0 Å². The van der Waals surface area contributed by atoms with Crippen LogP contribution >= 0.6 is 0 Å². The van der Waals surface area contributed by atoms with E-state index in [1.165, 1.54) is 77.3 Å². The zero-order chi connectivity index (χ0) is 13.5. The topological polar surface area (TPSA) is 15.3 Å². The monoisotopic (exact) mass is 266 g/mol. The van der Waals surface area contributed by atoms with Crippen LogP contribution in [0, 0.1) is 5.92 Å². The average molecular weight is 266 g/mol. The first kappa shape index (κ1) is 15.3. The maximum atomic E-state index is 3.83. The van der Waals surface area contributed by atoms with Crippen molar-refractivity contribution < 1.29 is 0 Å². The fourth-order valence-corrected chi connectivity index (χ4v) is 4.12. The minimum absolute atomic E-state index is 0.744. The molecule has 0 aromatic carbocycles. The molecule has 2 saturated carbocycles. The molecular formula is C17H34N2. The van der Waals surface area contributed by atoms with Gasteiger partial charge in [-0.1, -0.05) is 39.0 Å². The normalized spacial score (nSPS) is 29.8. The summed E-state index contributed by atoms with van der Waals surface area (Å²) in [6.07, 6.45) is 14.3. The predicted molar refractivity (Wildman–Crippen MR) is 83.5 cm³/mol. The van der Waals surface area contributed by atoms with Gasteiger partial charge in [0.1, 0.15) is 0 Å². The summed E-state index contributed by atoms with van der Waals surface area (Å²) in [5.74, 6) is 0.986. The van der Waals surface area contributed by atoms with Gasteiger partial charge in [-0.15, -0.1) is 0 Å². The molecule has 0 spiro atoms. The third-order valence-corrected chi connectivity index (χ3v) is 5.22. The van der Waals surface area contributed by atoms with Gasteiger partial charge in [-0.25, -0.2) is 0 Å². The van der Waals surface area contributed by atoms with Gasteiger partial charge in [-0.2, -0.15) is 0 Å². The van der Waals surface area contributed by atoms with Gasteiger partial charge in [-0.3, -0.25) is 0 Å². The zero-order valence-corrected chi connectivity index (χ0v) is 13.2. The van der Waals surface area contributed by atoms with Gasteiger partial charge in [0.25, 0.3) is 0 Å². The molecule has 0 aliphatic heterocycles. The van der Waals surface area contributed by atoms with E-state index in [0.29, 0.717) is 0 Å². The van der Waals surface area contributed by atoms with E-state index in [9.17, 15) is 0 Å². The molecular weight excluding hydrogens is 232 g/mol. The van der Waals surface area contributed by atoms with E-state index < -0.39 is 0 Å². The number of rotatable bonds is 6. The van der Waals surface area contributed by atoms with Gasteiger partial charge >= 0.3 is 0 Å². The van der Waals surface area contributed by atoms with Crippen molar-refractivity contribution in [3.05, 3.63) is 0 Å². The second-order valence-corrected chi connectivity index (χ2v) is 6.86. The molecule has 2 aliphatic carbocycles. The molecule has 2 fully saturated rings. The van der Waals surface area contributed by atoms with Crippen molar-refractivity contribution in [3.63, 3.8) is 0 Å². The van der Waals surface area contributed by atoms with Crippen molar-refractivity contribution in [2.75, 3.05) is 20.1 Å². The Balaban J connectivity index is 1.87. The highest BCUT2D eigenvalue weighted by Gasteiger charge is 2.28. The van der Waals surface area contributed by atoms with Crippen molar-refractivity contribution in [2.24, 2.45) is 5.92 Å². The molecule has 0 aromatic rings. The lowest BCUT2D eigenvalue weighted by atomic mass is 9.99. The fourth-order valence-electron chi connectivity index (χ4n) is 4.12. The number of nitrogens with zero attached hydrogens (tertiary/aromatic N) is 1. The Morgan fingerprint density at radius 2 is 1.63 bits per heavy atom. The molecule has 0 heterocycles. The summed E-state index contributed by atoms with van der Waals surface area (Å²) in [4.78, 5) is 2.70. The second-order valence-electron chi connectivity index (χ2n) is 6.86. The molecule has 112 valence electrons. The Bertz CT molecular complexity index is 235. The molecule has 0 bridgehead atoms. The molecule has 2 heteroatoms. The summed E-state index contributed by atoms with van der Waals surface area (Å²) in [7, 11) is 2.38. The highest BCUT2D eigenvalue weighted by atomic mass is 15.2. The van der Waals surface area contributed by atoms with E-state index >= 15 is 0 Å². The van der Waals surface area contributed by atoms with E-state index in [1.807, 2.05) is 0 Å². The van der Waals surface area contributed by atoms with Crippen molar-refractivity contribution in [1.82, 2.24) is 10.2 Å². The molecule has 0 radical (unpaired) electrons. The van der Waals surface area contributed by atoms with Crippen LogP contribution in [0.4, 0.5) is 0 Å². The minimum Gasteiger partial charge on any atom is -0.312 e. The third-order valence-electron chi connectivity index (χ3n) is 5.22. The van der Waals surface area contributed by atoms with Crippen molar-refractivity contribution in [1.29, 1.82) is 0 Å². The van der Waals surface area contributed by atoms with Crippen LogP contribution in [0.5, 0.6) is 0 Å². The Hall–Kier alpha value is -0.0800. The summed E-state index contributed by atoms with van der Waals surface area (Å²) >= 11 is 0. The highest BCUT2D eigenvalue weighted by molar-refractivity contribution is 4.87. The number of nitrogens with one attached hydrogen (secondary N) is 1. The molecule has 0 aromatic heterocycles. The first-order valence-corrected chi connectivity index (χ1v) is 8.75. The Morgan fingerprint density at radius 3 is 2.37 bits per heavy atom. The van der Waals surface area contributed by atoms with Gasteiger partial charge in [0.2, 0.25) is 0 Å². The summed E-state index contributed by atoms with van der Waals surface area (Å²) < 4.78 is 0. The Labute approximate surface area is 120 Å². The molecule has 2 nitrogen and oxygen atoms in total. The van der Waals surface area contributed by atoms with Crippen LogP contribution in [0.1, 0.15) is 71.1 Å². The molecule has 2 atom stereocenters. The molecule has 0 saturated heterocycles. The highest BCUT2D eigenvalue weighted by Crippen LogP contribution is 2.28. The van der Waals surface area contributed by atoms with Crippen LogP contribution < -0.4 is 5.32 Å². The van der Waals surface area contributed by atoms with Gasteiger partial charge < -0.3 is 10.2 Å². The summed E-state index contributed by atoms with van der Waals surface area (Å²) in [6.45, 7) is 4.81. The van der Waals surface area contributed by atoms with Crippen LogP contribution in [-0.2, 0) is 0 Å². The van der Waals surface area contributed by atoms with Crippen LogP contribution in [0.15, 0.2) is 0 Å². The van der Waals surface area contributed by atoms with Crippen LogP contribution in [0.3, 0.4) is 0 Å². The van der Waals surface area contributed by atoms with Gasteiger partial charge in [0.15, 0.2) is 0 Å². The molecule has 19 heavy (non-hydrogen) atoms. The fraction of sp³-hybridized carbons (Fsp3) is 1.00. The van der Waals surface area contributed by atoms with Crippen molar-refractivity contribution in [3.8, 4) is 0 Å². The maximum Gasteiger partial charge on any atom is 0.0246 e. The Kier molecular flexibility index (Phi) is 6.66. The SMILES string of the molecule is CCCNC1CCCCCC1N(C)CC1CCCC1. The summed E-state index contributed by atoms with van der Waals surface area (Å²) in [5.41, 5.74) is 0. The van der Waals surface area contributed by atoms with Gasteiger partial charge in [-0.05, 0) is 51.6 Å². The van der Waals surface area contributed by atoms with Crippen molar-refractivity contribution >= 4 is 0 Å². The van der Waals surface area contributed by atoms with Crippen LogP contribution in [0.25, 0.3) is 0 Å². The standard InChI is InChI=1S/C17H34N2/c1-3-13-18-16-11-5-4-6-12-17(16)19(2)14-15-9-7-8-10-15/h15-18H,3-14H2,1-2H3. The lowest BCUT2D eigenvalue weighted by molar-refractivity contribution is 0.159. The van der Waals surface area contributed by atoms with Crippen molar-refractivity contribution in [2.45, 2.75) is 83.2 Å². The molecule has 1 N–H and O–H groups in total. The second kappa shape index (κ2) is 8.26. The van der Waals surface area contributed by atoms with E-state index in [-0.39, 0.29) is 0 Å². The number of hydrogen-bond acceptors (Lipinski definition) is 2. The molecule has 2 aliphatic rings. The first-order chi connectivity index (χ1) is 9.31. The lowest BCUT2D eigenvalue weighted by Gasteiger charge is -2.35.